The highest BCUT2D eigenvalue weighted by molar-refractivity contribution is 6.44. The summed E-state index contributed by atoms with van der Waals surface area (Å²) in [5.74, 6) is 0.764. The SMILES string of the molecule is CCCO[SiH](CCC(C)C)OCCC. The molecule has 0 aliphatic heterocycles. The van der Waals surface area contributed by atoms with Crippen molar-refractivity contribution in [3.63, 3.8) is 0 Å². The Hall–Kier alpha value is 0.137. The summed E-state index contributed by atoms with van der Waals surface area (Å²) in [6.45, 7) is 10.6. The van der Waals surface area contributed by atoms with Gasteiger partial charge in [0.05, 0.1) is 0 Å². The molecule has 0 aliphatic rings. The van der Waals surface area contributed by atoms with Gasteiger partial charge >= 0.3 is 9.28 Å². The van der Waals surface area contributed by atoms with Crippen molar-refractivity contribution < 1.29 is 8.85 Å². The zero-order chi connectivity index (χ0) is 10.8. The van der Waals surface area contributed by atoms with Gasteiger partial charge in [0.2, 0.25) is 0 Å². The molecule has 0 rings (SSSR count). The smallest absolute Gasteiger partial charge is 0.321 e. The van der Waals surface area contributed by atoms with Crippen LogP contribution < -0.4 is 0 Å². The lowest BCUT2D eigenvalue weighted by atomic mass is 10.2. The van der Waals surface area contributed by atoms with Gasteiger partial charge in [0.15, 0.2) is 0 Å². The van der Waals surface area contributed by atoms with Gasteiger partial charge < -0.3 is 8.85 Å². The van der Waals surface area contributed by atoms with E-state index in [1.807, 2.05) is 0 Å². The summed E-state index contributed by atoms with van der Waals surface area (Å²) in [5, 5.41) is 0. The van der Waals surface area contributed by atoms with Crippen LogP contribution >= 0.6 is 0 Å². The van der Waals surface area contributed by atoms with Crippen LogP contribution in [0.25, 0.3) is 0 Å². The van der Waals surface area contributed by atoms with Gasteiger partial charge in [-0.05, 0) is 31.2 Å². The van der Waals surface area contributed by atoms with Crippen LogP contribution in [0.1, 0.15) is 47.0 Å². The molecule has 0 fully saturated rings. The Labute approximate surface area is 90.8 Å². The van der Waals surface area contributed by atoms with E-state index in [0.29, 0.717) is 0 Å². The fraction of sp³-hybridized carbons (Fsp3) is 1.00. The van der Waals surface area contributed by atoms with Crippen molar-refractivity contribution in [3.05, 3.63) is 0 Å². The molecule has 0 aromatic rings. The summed E-state index contributed by atoms with van der Waals surface area (Å²) in [6.07, 6.45) is 3.44. The van der Waals surface area contributed by atoms with E-state index in [1.165, 1.54) is 6.42 Å². The summed E-state index contributed by atoms with van der Waals surface area (Å²) in [4.78, 5) is 0. The Morgan fingerprint density at radius 1 is 1.00 bits per heavy atom. The molecule has 0 aliphatic carbocycles. The lowest BCUT2D eigenvalue weighted by Gasteiger charge is -2.16. The van der Waals surface area contributed by atoms with Gasteiger partial charge in [-0.2, -0.15) is 0 Å². The maximum Gasteiger partial charge on any atom is 0.321 e. The molecule has 2 nitrogen and oxygen atoms in total. The number of hydrogen-bond donors (Lipinski definition) is 0. The van der Waals surface area contributed by atoms with Crippen LogP contribution in [0.15, 0.2) is 0 Å². The van der Waals surface area contributed by atoms with Gasteiger partial charge in [-0.25, -0.2) is 0 Å². The van der Waals surface area contributed by atoms with Crippen molar-refractivity contribution in [2.75, 3.05) is 13.2 Å². The molecule has 0 bridgehead atoms. The average Bonchev–Trinajstić information content (AvgIpc) is 2.16. The second kappa shape index (κ2) is 9.68. The zero-order valence-corrected chi connectivity index (χ0v) is 11.4. The predicted molar refractivity (Wildman–Crippen MR) is 63.9 cm³/mol. The molecule has 3 heteroatoms. The van der Waals surface area contributed by atoms with Crippen LogP contribution in [0.5, 0.6) is 0 Å². The first-order valence-corrected chi connectivity index (χ1v) is 7.69. The highest BCUT2D eigenvalue weighted by Gasteiger charge is 2.13. The van der Waals surface area contributed by atoms with Crippen molar-refractivity contribution in [1.82, 2.24) is 0 Å². The molecule has 0 aromatic heterocycles. The van der Waals surface area contributed by atoms with Crippen molar-refractivity contribution in [3.8, 4) is 0 Å². The van der Waals surface area contributed by atoms with E-state index in [2.05, 4.69) is 27.7 Å². The van der Waals surface area contributed by atoms with E-state index in [1.54, 1.807) is 0 Å². The third-order valence-corrected chi connectivity index (χ3v) is 4.02. The maximum atomic E-state index is 5.76. The Morgan fingerprint density at radius 3 is 1.86 bits per heavy atom. The molecule has 0 aromatic carbocycles. The van der Waals surface area contributed by atoms with Crippen LogP contribution in [0.3, 0.4) is 0 Å². The third kappa shape index (κ3) is 8.72. The molecule has 0 N–H and O–H groups in total. The summed E-state index contributed by atoms with van der Waals surface area (Å²) < 4.78 is 11.5. The Bertz CT molecular complexity index is 110. The van der Waals surface area contributed by atoms with E-state index in [9.17, 15) is 0 Å². The molecule has 0 unspecified atom stereocenters. The Morgan fingerprint density at radius 2 is 1.50 bits per heavy atom. The minimum absolute atomic E-state index is 0.764. The van der Waals surface area contributed by atoms with Crippen LogP contribution in [0.2, 0.25) is 6.04 Å². The Balaban J connectivity index is 3.60. The fourth-order valence-corrected chi connectivity index (χ4v) is 3.55. The normalized spacial score (nSPS) is 11.6. The molecule has 86 valence electrons. The Kier molecular flexibility index (Phi) is 9.78. The molecule has 0 amide bonds. The quantitative estimate of drug-likeness (QED) is 0.554. The van der Waals surface area contributed by atoms with Gasteiger partial charge in [0.25, 0.3) is 0 Å². The van der Waals surface area contributed by atoms with Gasteiger partial charge in [-0.3, -0.25) is 0 Å². The summed E-state index contributed by atoms with van der Waals surface area (Å²) in [5.41, 5.74) is 0. The van der Waals surface area contributed by atoms with Crippen LogP contribution in [-0.4, -0.2) is 22.5 Å². The van der Waals surface area contributed by atoms with Crippen LogP contribution in [0.4, 0.5) is 0 Å². The lowest BCUT2D eigenvalue weighted by Crippen LogP contribution is -2.24. The van der Waals surface area contributed by atoms with Gasteiger partial charge in [-0.15, -0.1) is 0 Å². The molecule has 0 heterocycles. The summed E-state index contributed by atoms with van der Waals surface area (Å²) >= 11 is 0. The first-order valence-electron chi connectivity index (χ1n) is 5.93. The minimum atomic E-state index is -1.33. The van der Waals surface area contributed by atoms with Crippen molar-refractivity contribution in [2.45, 2.75) is 53.0 Å². The van der Waals surface area contributed by atoms with Crippen molar-refractivity contribution >= 4 is 9.28 Å². The largest absolute Gasteiger partial charge is 0.397 e. The highest BCUT2D eigenvalue weighted by atomic mass is 28.3. The summed E-state index contributed by atoms with van der Waals surface area (Å²) in [6, 6.07) is 1.16. The van der Waals surface area contributed by atoms with E-state index < -0.39 is 9.28 Å². The van der Waals surface area contributed by atoms with Gasteiger partial charge in [0.1, 0.15) is 0 Å². The minimum Gasteiger partial charge on any atom is -0.397 e. The third-order valence-electron chi connectivity index (χ3n) is 2.00. The van der Waals surface area contributed by atoms with Crippen LogP contribution in [0, 0.1) is 5.92 Å². The molecule has 0 spiro atoms. The molecular weight excluding hydrogens is 192 g/mol. The second-order valence-corrected chi connectivity index (χ2v) is 6.25. The topological polar surface area (TPSA) is 18.5 Å². The first-order chi connectivity index (χ1) is 6.70. The van der Waals surface area contributed by atoms with E-state index >= 15 is 0 Å². The van der Waals surface area contributed by atoms with Gasteiger partial charge in [-0.1, -0.05) is 27.7 Å². The lowest BCUT2D eigenvalue weighted by molar-refractivity contribution is 0.194. The highest BCUT2D eigenvalue weighted by Crippen LogP contribution is 2.09. The molecular formula is C11H26O2Si. The average molecular weight is 218 g/mol. The fourth-order valence-electron chi connectivity index (χ4n) is 1.18. The molecule has 0 saturated heterocycles. The zero-order valence-electron chi connectivity index (χ0n) is 10.2. The molecule has 14 heavy (non-hydrogen) atoms. The van der Waals surface area contributed by atoms with E-state index in [0.717, 1.165) is 38.0 Å². The molecule has 0 radical (unpaired) electrons. The molecule has 0 atom stereocenters. The monoisotopic (exact) mass is 218 g/mol. The van der Waals surface area contributed by atoms with Crippen molar-refractivity contribution in [1.29, 1.82) is 0 Å². The van der Waals surface area contributed by atoms with Gasteiger partial charge in [0, 0.05) is 13.2 Å². The predicted octanol–water partition coefficient (Wildman–Crippen LogP) is 3.11. The first kappa shape index (κ1) is 14.1. The van der Waals surface area contributed by atoms with Crippen LogP contribution in [-0.2, 0) is 8.85 Å². The molecule has 0 saturated carbocycles. The number of rotatable bonds is 9. The summed E-state index contributed by atoms with van der Waals surface area (Å²) in [7, 11) is -1.33. The van der Waals surface area contributed by atoms with Crippen molar-refractivity contribution in [2.24, 2.45) is 5.92 Å². The van der Waals surface area contributed by atoms with E-state index in [4.69, 9.17) is 8.85 Å². The maximum absolute atomic E-state index is 5.76. The number of hydrogen-bond acceptors (Lipinski definition) is 2. The van der Waals surface area contributed by atoms with E-state index in [-0.39, 0.29) is 0 Å². The second-order valence-electron chi connectivity index (χ2n) is 4.14. The standard InChI is InChI=1S/C11H26O2Si/c1-5-8-12-14(13-9-6-2)10-7-11(3)4/h11,14H,5-10H2,1-4H3.